The van der Waals surface area contributed by atoms with E-state index in [1.54, 1.807) is 13.1 Å². The summed E-state index contributed by atoms with van der Waals surface area (Å²) in [6, 6.07) is 0. The molecule has 3 N–H and O–H groups in total. The van der Waals surface area contributed by atoms with E-state index in [0.29, 0.717) is 31.0 Å². The molecule has 1 aromatic heterocycles. The largest absolute Gasteiger partial charge is 0.396 e. The third kappa shape index (κ3) is 3.11. The average molecular weight is 282 g/mol. The molecular formula is C13H22N4O3. The van der Waals surface area contributed by atoms with Gasteiger partial charge in [0.1, 0.15) is 11.5 Å². The van der Waals surface area contributed by atoms with Gasteiger partial charge in [0.15, 0.2) is 0 Å². The topological polar surface area (TPSA) is 88.3 Å². The van der Waals surface area contributed by atoms with E-state index >= 15 is 0 Å². The van der Waals surface area contributed by atoms with Crippen molar-refractivity contribution in [1.29, 1.82) is 0 Å². The molecule has 0 radical (unpaired) electrons. The zero-order valence-electron chi connectivity index (χ0n) is 12.0. The first-order valence-corrected chi connectivity index (χ1v) is 6.63. The highest BCUT2D eigenvalue weighted by Gasteiger charge is 2.16. The molecule has 0 bridgehead atoms. The Morgan fingerprint density at radius 2 is 2.05 bits per heavy atom. The van der Waals surface area contributed by atoms with Crippen molar-refractivity contribution in [1.82, 2.24) is 9.13 Å². The molecule has 112 valence electrons. The normalized spacial score (nSPS) is 10.3. The Morgan fingerprint density at radius 3 is 2.55 bits per heavy atom. The number of hydrogen-bond donors (Lipinski definition) is 3. The van der Waals surface area contributed by atoms with Crippen molar-refractivity contribution >= 4 is 11.5 Å². The summed E-state index contributed by atoms with van der Waals surface area (Å²) >= 11 is 0. The summed E-state index contributed by atoms with van der Waals surface area (Å²) in [5.41, 5.74) is -0.425. The van der Waals surface area contributed by atoms with Gasteiger partial charge in [-0.1, -0.05) is 6.08 Å². The van der Waals surface area contributed by atoms with E-state index in [1.165, 1.54) is 4.57 Å². The van der Waals surface area contributed by atoms with Crippen molar-refractivity contribution in [3.8, 4) is 0 Å². The summed E-state index contributed by atoms with van der Waals surface area (Å²) in [6.07, 6.45) is 2.00. The zero-order valence-corrected chi connectivity index (χ0v) is 12.0. The molecule has 0 fully saturated rings. The Balaban J connectivity index is 3.50. The summed E-state index contributed by atoms with van der Waals surface area (Å²) in [7, 11) is 1.66. The van der Waals surface area contributed by atoms with E-state index in [2.05, 4.69) is 17.2 Å². The predicted molar refractivity (Wildman–Crippen MR) is 80.6 cm³/mol. The molecule has 20 heavy (non-hydrogen) atoms. The summed E-state index contributed by atoms with van der Waals surface area (Å²) < 4.78 is 2.64. The number of aliphatic hydroxyl groups is 1. The summed E-state index contributed by atoms with van der Waals surface area (Å²) in [6.45, 7) is 6.42. The second-order valence-corrected chi connectivity index (χ2v) is 4.20. The molecule has 7 heteroatoms. The van der Waals surface area contributed by atoms with Crippen LogP contribution in [0.3, 0.4) is 0 Å². The van der Waals surface area contributed by atoms with Crippen molar-refractivity contribution in [3.05, 3.63) is 33.5 Å². The van der Waals surface area contributed by atoms with Gasteiger partial charge < -0.3 is 15.7 Å². The third-order valence-electron chi connectivity index (χ3n) is 2.94. The van der Waals surface area contributed by atoms with E-state index in [-0.39, 0.29) is 24.4 Å². The molecule has 1 rings (SSSR count). The summed E-state index contributed by atoms with van der Waals surface area (Å²) in [5, 5.41) is 14.7. The number of aromatic nitrogens is 2. The quantitative estimate of drug-likeness (QED) is 0.586. The van der Waals surface area contributed by atoms with Crippen LogP contribution in [0.25, 0.3) is 0 Å². The Bertz CT molecular complexity index is 574. The van der Waals surface area contributed by atoms with Crippen LogP contribution in [0.2, 0.25) is 0 Å². The van der Waals surface area contributed by atoms with Gasteiger partial charge in [0.25, 0.3) is 5.56 Å². The first-order valence-electron chi connectivity index (χ1n) is 6.63. The average Bonchev–Trinajstić information content (AvgIpc) is 2.45. The van der Waals surface area contributed by atoms with Crippen molar-refractivity contribution in [2.24, 2.45) is 0 Å². The molecule has 1 heterocycles. The number of anilines is 2. The van der Waals surface area contributed by atoms with E-state index in [1.807, 2.05) is 6.92 Å². The Labute approximate surface area is 117 Å². The van der Waals surface area contributed by atoms with Crippen LogP contribution in [0.15, 0.2) is 22.2 Å². The Morgan fingerprint density at radius 1 is 1.35 bits per heavy atom. The lowest BCUT2D eigenvalue weighted by molar-refractivity contribution is 0.277. The van der Waals surface area contributed by atoms with Crippen LogP contribution in [0.5, 0.6) is 0 Å². The second kappa shape index (κ2) is 7.54. The minimum atomic E-state index is -0.389. The van der Waals surface area contributed by atoms with Gasteiger partial charge in [-0.3, -0.25) is 13.9 Å². The van der Waals surface area contributed by atoms with Crippen LogP contribution in [0.4, 0.5) is 11.5 Å². The molecule has 0 aliphatic carbocycles. The van der Waals surface area contributed by atoms with E-state index < -0.39 is 0 Å². The summed E-state index contributed by atoms with van der Waals surface area (Å²) in [5.74, 6) is 0.463. The van der Waals surface area contributed by atoms with Crippen LogP contribution in [0, 0.1) is 0 Å². The number of nitrogens with zero attached hydrogens (tertiary/aromatic N) is 2. The number of nitrogens with one attached hydrogen (secondary N) is 2. The SMILES string of the molecule is C=CCNc1c(NC)n(CC)c(=O)n(CCCO)c1=O. The lowest BCUT2D eigenvalue weighted by atomic mass is 10.3. The first-order chi connectivity index (χ1) is 9.62. The highest BCUT2D eigenvalue weighted by Crippen LogP contribution is 2.14. The van der Waals surface area contributed by atoms with Gasteiger partial charge in [0.2, 0.25) is 0 Å². The zero-order chi connectivity index (χ0) is 15.1. The van der Waals surface area contributed by atoms with Crippen molar-refractivity contribution in [3.63, 3.8) is 0 Å². The van der Waals surface area contributed by atoms with Crippen LogP contribution < -0.4 is 21.9 Å². The van der Waals surface area contributed by atoms with Crippen molar-refractivity contribution in [2.75, 3.05) is 30.8 Å². The van der Waals surface area contributed by atoms with E-state index in [4.69, 9.17) is 5.11 Å². The molecule has 0 spiro atoms. The van der Waals surface area contributed by atoms with Crippen LogP contribution in [-0.4, -0.2) is 34.4 Å². The number of hydrogen-bond acceptors (Lipinski definition) is 5. The van der Waals surface area contributed by atoms with Gasteiger partial charge in [-0.2, -0.15) is 0 Å². The minimum Gasteiger partial charge on any atom is -0.396 e. The van der Waals surface area contributed by atoms with Gasteiger partial charge in [-0.05, 0) is 13.3 Å². The van der Waals surface area contributed by atoms with Crippen molar-refractivity contribution in [2.45, 2.75) is 26.4 Å². The monoisotopic (exact) mass is 282 g/mol. The molecule has 0 unspecified atom stereocenters. The second-order valence-electron chi connectivity index (χ2n) is 4.20. The molecule has 0 aromatic carbocycles. The maximum Gasteiger partial charge on any atom is 0.332 e. The Hall–Kier alpha value is -2.02. The molecule has 0 aliphatic rings. The van der Waals surface area contributed by atoms with Gasteiger partial charge in [-0.25, -0.2) is 4.79 Å². The molecule has 0 amide bonds. The van der Waals surface area contributed by atoms with E-state index in [0.717, 1.165) is 4.57 Å². The molecule has 7 nitrogen and oxygen atoms in total. The van der Waals surface area contributed by atoms with Gasteiger partial charge in [-0.15, -0.1) is 6.58 Å². The predicted octanol–water partition coefficient (Wildman–Crippen LogP) is 0.0519. The smallest absolute Gasteiger partial charge is 0.332 e. The molecular weight excluding hydrogens is 260 g/mol. The lowest BCUT2D eigenvalue weighted by Gasteiger charge is -2.18. The molecule has 0 saturated carbocycles. The maximum absolute atomic E-state index is 12.4. The third-order valence-corrected chi connectivity index (χ3v) is 2.94. The molecule has 0 saturated heterocycles. The van der Waals surface area contributed by atoms with Crippen LogP contribution in [0.1, 0.15) is 13.3 Å². The van der Waals surface area contributed by atoms with Gasteiger partial charge in [0, 0.05) is 33.3 Å². The summed E-state index contributed by atoms with van der Waals surface area (Å²) in [4.78, 5) is 24.7. The number of rotatable bonds is 8. The first kappa shape index (κ1) is 16.0. The molecule has 0 atom stereocenters. The fourth-order valence-corrected chi connectivity index (χ4v) is 2.01. The fourth-order valence-electron chi connectivity index (χ4n) is 2.01. The highest BCUT2D eigenvalue weighted by atomic mass is 16.3. The highest BCUT2D eigenvalue weighted by molar-refractivity contribution is 5.63. The van der Waals surface area contributed by atoms with E-state index in [9.17, 15) is 9.59 Å². The van der Waals surface area contributed by atoms with Crippen molar-refractivity contribution < 1.29 is 5.11 Å². The fraction of sp³-hybridized carbons (Fsp3) is 0.538. The maximum atomic E-state index is 12.4. The van der Waals surface area contributed by atoms with Crippen LogP contribution >= 0.6 is 0 Å². The lowest BCUT2D eigenvalue weighted by Crippen LogP contribution is -2.42. The van der Waals surface area contributed by atoms with Crippen LogP contribution in [-0.2, 0) is 13.1 Å². The van der Waals surface area contributed by atoms with Gasteiger partial charge in [0.05, 0.1) is 0 Å². The minimum absolute atomic E-state index is 0.0683. The standard InChI is InChI=1S/C13H22N4O3/c1-4-7-15-10-11(14-3)16(5-2)13(20)17(12(10)19)8-6-9-18/h4,14-15,18H,1,5-9H2,2-3H3. The van der Waals surface area contributed by atoms with Gasteiger partial charge >= 0.3 is 5.69 Å². The molecule has 1 aromatic rings. The number of aliphatic hydroxyl groups excluding tert-OH is 1. The molecule has 0 aliphatic heterocycles. The Kier molecular flexibility index (Phi) is 6.05.